The standard InChI is InChI=1S/C18H30N2O3/c1-2-23-17(22)18(10-11-18)16(21)19-14-7-6-12-20(13-14)15-8-4-3-5-9-15/h14-15H,2-13H2,1H3,(H,19,21)/t14-/m0/s1. The molecule has 1 atom stereocenters. The summed E-state index contributed by atoms with van der Waals surface area (Å²) >= 11 is 0. The van der Waals surface area contributed by atoms with Crippen LogP contribution in [-0.2, 0) is 14.3 Å². The molecule has 3 fully saturated rings. The zero-order chi connectivity index (χ0) is 16.3. The van der Waals surface area contributed by atoms with Crippen LogP contribution in [0.5, 0.6) is 0 Å². The van der Waals surface area contributed by atoms with Gasteiger partial charge in [-0.05, 0) is 52.0 Å². The molecule has 0 bridgehead atoms. The number of ether oxygens (including phenoxy) is 1. The Balaban J connectivity index is 1.53. The van der Waals surface area contributed by atoms with Crippen molar-refractivity contribution >= 4 is 11.9 Å². The van der Waals surface area contributed by atoms with Gasteiger partial charge >= 0.3 is 5.97 Å². The van der Waals surface area contributed by atoms with Crippen LogP contribution in [0.3, 0.4) is 0 Å². The molecule has 1 heterocycles. The van der Waals surface area contributed by atoms with Crippen LogP contribution in [0.2, 0.25) is 0 Å². The highest BCUT2D eigenvalue weighted by molar-refractivity contribution is 6.05. The van der Waals surface area contributed by atoms with E-state index in [9.17, 15) is 9.59 Å². The minimum Gasteiger partial charge on any atom is -0.465 e. The molecule has 1 amide bonds. The second-order valence-corrected chi connectivity index (χ2v) is 7.40. The lowest BCUT2D eigenvalue weighted by Gasteiger charge is -2.40. The van der Waals surface area contributed by atoms with E-state index in [1.165, 1.54) is 32.1 Å². The first-order chi connectivity index (χ1) is 11.2. The monoisotopic (exact) mass is 322 g/mol. The SMILES string of the molecule is CCOC(=O)C1(C(=O)N[C@H]2CCCN(C3CCCCC3)C2)CC1. The first-order valence-corrected chi connectivity index (χ1v) is 9.38. The minimum absolute atomic E-state index is 0.105. The predicted molar refractivity (Wildman–Crippen MR) is 87.9 cm³/mol. The number of amides is 1. The maximum atomic E-state index is 12.6. The number of nitrogens with zero attached hydrogens (tertiary/aromatic N) is 1. The van der Waals surface area contributed by atoms with Gasteiger partial charge in [0.05, 0.1) is 6.61 Å². The average molecular weight is 322 g/mol. The molecular weight excluding hydrogens is 292 g/mol. The molecule has 1 aliphatic heterocycles. The van der Waals surface area contributed by atoms with Gasteiger partial charge < -0.3 is 10.1 Å². The molecule has 5 heteroatoms. The maximum absolute atomic E-state index is 12.6. The summed E-state index contributed by atoms with van der Waals surface area (Å²) in [5.41, 5.74) is -0.872. The van der Waals surface area contributed by atoms with Gasteiger partial charge in [-0.25, -0.2) is 0 Å². The molecular formula is C18H30N2O3. The van der Waals surface area contributed by atoms with Crippen LogP contribution in [0.4, 0.5) is 0 Å². The Morgan fingerprint density at radius 3 is 2.52 bits per heavy atom. The number of esters is 1. The van der Waals surface area contributed by atoms with Gasteiger partial charge in [0.25, 0.3) is 0 Å². The fourth-order valence-electron chi connectivity index (χ4n) is 4.14. The van der Waals surface area contributed by atoms with Gasteiger partial charge in [0, 0.05) is 18.6 Å². The van der Waals surface area contributed by atoms with E-state index < -0.39 is 5.41 Å². The fourth-order valence-corrected chi connectivity index (χ4v) is 4.14. The molecule has 0 radical (unpaired) electrons. The summed E-state index contributed by atoms with van der Waals surface area (Å²) in [6.45, 7) is 4.22. The first kappa shape index (κ1) is 16.7. The van der Waals surface area contributed by atoms with Crippen LogP contribution in [0.1, 0.15) is 64.7 Å². The van der Waals surface area contributed by atoms with Gasteiger partial charge in [0.15, 0.2) is 0 Å². The number of likely N-dealkylation sites (tertiary alicyclic amines) is 1. The Hall–Kier alpha value is -1.10. The Kier molecular flexibility index (Phi) is 5.24. The number of rotatable bonds is 5. The van der Waals surface area contributed by atoms with Crippen molar-refractivity contribution in [1.29, 1.82) is 0 Å². The highest BCUT2D eigenvalue weighted by atomic mass is 16.5. The molecule has 0 aromatic carbocycles. The van der Waals surface area contributed by atoms with Gasteiger partial charge in [-0.1, -0.05) is 19.3 Å². The maximum Gasteiger partial charge on any atom is 0.321 e. The summed E-state index contributed by atoms with van der Waals surface area (Å²) in [7, 11) is 0. The topological polar surface area (TPSA) is 58.6 Å². The number of hydrogen-bond acceptors (Lipinski definition) is 4. The van der Waals surface area contributed by atoms with Gasteiger partial charge in [-0.3, -0.25) is 14.5 Å². The normalized spacial score (nSPS) is 28.1. The Bertz CT molecular complexity index is 442. The lowest BCUT2D eigenvalue weighted by Crippen LogP contribution is -2.53. The highest BCUT2D eigenvalue weighted by Crippen LogP contribution is 2.47. The van der Waals surface area contributed by atoms with E-state index in [-0.39, 0.29) is 17.9 Å². The van der Waals surface area contributed by atoms with Crippen LogP contribution in [0.25, 0.3) is 0 Å². The molecule has 1 N–H and O–H groups in total. The lowest BCUT2D eigenvalue weighted by atomic mass is 9.92. The number of nitrogens with one attached hydrogen (secondary N) is 1. The summed E-state index contributed by atoms with van der Waals surface area (Å²) < 4.78 is 5.09. The van der Waals surface area contributed by atoms with Crippen molar-refractivity contribution in [3.8, 4) is 0 Å². The fraction of sp³-hybridized carbons (Fsp3) is 0.889. The van der Waals surface area contributed by atoms with Crippen molar-refractivity contribution in [3.63, 3.8) is 0 Å². The third-order valence-corrected chi connectivity index (χ3v) is 5.73. The molecule has 3 aliphatic rings. The van der Waals surface area contributed by atoms with Crippen molar-refractivity contribution in [1.82, 2.24) is 10.2 Å². The highest BCUT2D eigenvalue weighted by Gasteiger charge is 2.58. The summed E-state index contributed by atoms with van der Waals surface area (Å²) in [5, 5.41) is 3.15. The third kappa shape index (κ3) is 3.70. The molecule has 0 aromatic rings. The van der Waals surface area contributed by atoms with E-state index in [2.05, 4.69) is 10.2 Å². The zero-order valence-electron chi connectivity index (χ0n) is 14.3. The first-order valence-electron chi connectivity index (χ1n) is 9.38. The average Bonchev–Trinajstić information content (AvgIpc) is 3.38. The third-order valence-electron chi connectivity index (χ3n) is 5.73. The quantitative estimate of drug-likeness (QED) is 0.623. The number of carbonyl (C=O) groups excluding carboxylic acids is 2. The van der Waals surface area contributed by atoms with Crippen LogP contribution >= 0.6 is 0 Å². The number of carbonyl (C=O) groups is 2. The van der Waals surface area contributed by atoms with Crippen LogP contribution in [0.15, 0.2) is 0 Å². The van der Waals surface area contributed by atoms with Crippen molar-refractivity contribution < 1.29 is 14.3 Å². The molecule has 0 unspecified atom stereocenters. The Labute approximate surface area is 139 Å². The van der Waals surface area contributed by atoms with E-state index in [4.69, 9.17) is 4.74 Å². The van der Waals surface area contributed by atoms with E-state index in [1.54, 1.807) is 6.92 Å². The van der Waals surface area contributed by atoms with Crippen molar-refractivity contribution in [3.05, 3.63) is 0 Å². The van der Waals surface area contributed by atoms with Crippen molar-refractivity contribution in [2.45, 2.75) is 76.8 Å². The van der Waals surface area contributed by atoms with Crippen molar-refractivity contribution in [2.75, 3.05) is 19.7 Å². The molecule has 0 spiro atoms. The van der Waals surface area contributed by atoms with E-state index >= 15 is 0 Å². The summed E-state index contributed by atoms with van der Waals surface area (Å²) in [4.78, 5) is 27.2. The van der Waals surface area contributed by atoms with Gasteiger partial charge in [0.2, 0.25) is 5.91 Å². The van der Waals surface area contributed by atoms with Crippen LogP contribution in [0, 0.1) is 5.41 Å². The smallest absolute Gasteiger partial charge is 0.321 e. The van der Waals surface area contributed by atoms with E-state index in [0.29, 0.717) is 25.5 Å². The molecule has 23 heavy (non-hydrogen) atoms. The van der Waals surface area contributed by atoms with E-state index in [0.717, 1.165) is 25.9 Å². The largest absolute Gasteiger partial charge is 0.465 e. The summed E-state index contributed by atoms with van der Waals surface area (Å²) in [6.07, 6.45) is 10.1. The lowest BCUT2D eigenvalue weighted by molar-refractivity contribution is -0.154. The van der Waals surface area contributed by atoms with Crippen LogP contribution < -0.4 is 5.32 Å². The predicted octanol–water partition coefficient (Wildman–Crippen LogP) is 2.24. The summed E-state index contributed by atoms with van der Waals surface area (Å²) in [5.74, 6) is -0.441. The molecule has 0 aromatic heterocycles. The number of piperidine rings is 1. The molecule has 3 rings (SSSR count). The minimum atomic E-state index is -0.872. The Morgan fingerprint density at radius 2 is 1.87 bits per heavy atom. The van der Waals surface area contributed by atoms with E-state index in [1.807, 2.05) is 0 Å². The van der Waals surface area contributed by atoms with Gasteiger partial charge in [-0.15, -0.1) is 0 Å². The van der Waals surface area contributed by atoms with Gasteiger partial charge in [-0.2, -0.15) is 0 Å². The molecule has 1 saturated heterocycles. The van der Waals surface area contributed by atoms with Gasteiger partial charge in [0.1, 0.15) is 5.41 Å². The molecule has 2 saturated carbocycles. The second-order valence-electron chi connectivity index (χ2n) is 7.40. The Morgan fingerprint density at radius 1 is 1.13 bits per heavy atom. The van der Waals surface area contributed by atoms with Crippen molar-refractivity contribution in [2.24, 2.45) is 5.41 Å². The number of hydrogen-bond donors (Lipinski definition) is 1. The second kappa shape index (κ2) is 7.20. The van der Waals surface area contributed by atoms with Crippen LogP contribution in [-0.4, -0.2) is 48.6 Å². The zero-order valence-corrected chi connectivity index (χ0v) is 14.3. The molecule has 130 valence electrons. The molecule has 2 aliphatic carbocycles. The molecule has 5 nitrogen and oxygen atoms in total. The summed E-state index contributed by atoms with van der Waals surface area (Å²) in [6, 6.07) is 0.883.